The van der Waals surface area contributed by atoms with E-state index in [4.69, 9.17) is 5.14 Å². The first-order chi connectivity index (χ1) is 11.3. The highest BCUT2D eigenvalue weighted by molar-refractivity contribution is 7.89. The van der Waals surface area contributed by atoms with Crippen molar-refractivity contribution in [1.82, 2.24) is 4.90 Å². The molecule has 0 unspecified atom stereocenters. The number of primary sulfonamides is 1. The Bertz CT molecular complexity index is 652. The summed E-state index contributed by atoms with van der Waals surface area (Å²) >= 11 is 0. The lowest BCUT2D eigenvalue weighted by Gasteiger charge is -2.32. The van der Waals surface area contributed by atoms with Crippen LogP contribution < -0.4 is 15.4 Å². The Balaban J connectivity index is 1.84. The number of likely N-dealkylation sites (N-methyl/N-ethyl adjacent to an activating group) is 1. The van der Waals surface area contributed by atoms with E-state index in [1.165, 1.54) is 12.1 Å². The van der Waals surface area contributed by atoms with E-state index in [0.717, 1.165) is 38.3 Å². The molecule has 5 N–H and O–H groups in total. The topological polar surface area (TPSA) is 102 Å². The van der Waals surface area contributed by atoms with E-state index >= 15 is 0 Å². The third-order valence-electron chi connectivity index (χ3n) is 4.63. The van der Waals surface area contributed by atoms with Crippen molar-refractivity contribution in [3.63, 3.8) is 0 Å². The van der Waals surface area contributed by atoms with Crippen LogP contribution in [0.15, 0.2) is 29.2 Å². The molecule has 1 fully saturated rings. The van der Waals surface area contributed by atoms with Crippen LogP contribution in [0, 0.1) is 0 Å². The van der Waals surface area contributed by atoms with Gasteiger partial charge < -0.3 is 15.1 Å². The summed E-state index contributed by atoms with van der Waals surface area (Å²) in [5.41, 5.74) is 0.960. The number of sulfonamides is 1. The molecular weight excluding hydrogens is 328 g/mol. The predicted molar refractivity (Wildman–Crippen MR) is 90.7 cm³/mol. The summed E-state index contributed by atoms with van der Waals surface area (Å²) in [5.74, 6) is 0.173. The van der Waals surface area contributed by atoms with Gasteiger partial charge in [0.05, 0.1) is 37.6 Å². The highest BCUT2D eigenvalue weighted by Crippen LogP contribution is 2.07. The largest absolute Gasteiger partial charge is 0.333 e. The van der Waals surface area contributed by atoms with E-state index in [-0.39, 0.29) is 16.8 Å². The molecule has 0 aromatic heterocycles. The first kappa shape index (κ1) is 18.9. The third kappa shape index (κ3) is 5.01. The third-order valence-corrected chi connectivity index (χ3v) is 5.56. The zero-order valence-electron chi connectivity index (χ0n) is 14.4. The molecule has 134 valence electrons. The maximum atomic E-state index is 12.5. The van der Waals surface area contributed by atoms with Crippen molar-refractivity contribution in [3.8, 4) is 0 Å². The summed E-state index contributed by atoms with van der Waals surface area (Å²) in [5, 5.41) is 7.06. The van der Waals surface area contributed by atoms with Gasteiger partial charge in [-0.1, -0.05) is 12.1 Å². The highest BCUT2D eigenvalue weighted by Gasteiger charge is 2.27. The number of rotatable bonds is 6. The van der Waals surface area contributed by atoms with Crippen molar-refractivity contribution >= 4 is 15.9 Å². The Morgan fingerprint density at radius 1 is 1.29 bits per heavy atom. The van der Waals surface area contributed by atoms with Crippen LogP contribution in [0.1, 0.15) is 19.4 Å². The van der Waals surface area contributed by atoms with E-state index in [1.807, 2.05) is 17.1 Å². The number of carbonyl (C=O) groups is 1. The van der Waals surface area contributed by atoms with Gasteiger partial charge in [-0.2, -0.15) is 0 Å². The molecule has 0 saturated carbocycles. The molecular formula is C16H28N4O3S+2. The lowest BCUT2D eigenvalue weighted by molar-refractivity contribution is -0.902. The normalized spacial score (nSPS) is 17.7. The minimum atomic E-state index is -3.66. The van der Waals surface area contributed by atoms with Crippen molar-refractivity contribution in [2.45, 2.75) is 31.3 Å². The molecule has 0 aliphatic carbocycles. The van der Waals surface area contributed by atoms with Crippen molar-refractivity contribution in [2.75, 3.05) is 32.7 Å². The molecule has 24 heavy (non-hydrogen) atoms. The van der Waals surface area contributed by atoms with Crippen LogP contribution in [0.2, 0.25) is 0 Å². The van der Waals surface area contributed by atoms with Crippen molar-refractivity contribution in [1.29, 1.82) is 0 Å². The van der Waals surface area contributed by atoms with Gasteiger partial charge in [0.15, 0.2) is 6.04 Å². The van der Waals surface area contributed by atoms with Gasteiger partial charge in [0, 0.05) is 5.56 Å². The minimum absolute atomic E-state index is 0.103. The Hall–Kier alpha value is -1.48. The van der Waals surface area contributed by atoms with E-state index in [9.17, 15) is 13.2 Å². The molecule has 7 nitrogen and oxygen atoms in total. The van der Waals surface area contributed by atoms with Gasteiger partial charge >= 0.3 is 0 Å². The van der Waals surface area contributed by atoms with Gasteiger partial charge in [-0.25, -0.2) is 13.6 Å². The van der Waals surface area contributed by atoms with Crippen molar-refractivity contribution in [2.24, 2.45) is 5.14 Å². The summed E-state index contributed by atoms with van der Waals surface area (Å²) in [7, 11) is -3.66. The number of quaternary nitrogens is 2. The smallest absolute Gasteiger partial charge is 0.280 e. The summed E-state index contributed by atoms with van der Waals surface area (Å²) < 4.78 is 22.5. The highest BCUT2D eigenvalue weighted by atomic mass is 32.2. The Labute approximate surface area is 143 Å². The molecule has 1 atom stereocenters. The van der Waals surface area contributed by atoms with E-state index in [0.29, 0.717) is 6.54 Å². The van der Waals surface area contributed by atoms with Crippen LogP contribution in [-0.2, 0) is 21.4 Å². The molecule has 1 saturated heterocycles. The van der Waals surface area contributed by atoms with Crippen LogP contribution in [0.25, 0.3) is 0 Å². The second-order valence-electron chi connectivity index (χ2n) is 6.35. The molecule has 1 amide bonds. The fourth-order valence-electron chi connectivity index (χ4n) is 2.91. The second kappa shape index (κ2) is 8.06. The van der Waals surface area contributed by atoms with E-state index in [1.54, 1.807) is 17.0 Å². The SMILES string of the molecule is CC[NH+]1CCN(C(=O)[C@@H](C)[NH2+]Cc2ccc(S(N)(=O)=O)cc2)CC1. The number of piperazine rings is 1. The van der Waals surface area contributed by atoms with Gasteiger partial charge in [-0.05, 0) is 26.0 Å². The van der Waals surface area contributed by atoms with Gasteiger partial charge in [0.2, 0.25) is 10.0 Å². The number of nitrogens with zero attached hydrogens (tertiary/aromatic N) is 1. The maximum absolute atomic E-state index is 12.5. The maximum Gasteiger partial charge on any atom is 0.280 e. The molecule has 1 aliphatic heterocycles. The van der Waals surface area contributed by atoms with E-state index < -0.39 is 10.0 Å². The van der Waals surface area contributed by atoms with E-state index in [2.05, 4.69) is 6.92 Å². The Morgan fingerprint density at radius 3 is 2.38 bits per heavy atom. The van der Waals surface area contributed by atoms with Crippen LogP contribution in [0.3, 0.4) is 0 Å². The average Bonchev–Trinajstić information content (AvgIpc) is 2.58. The molecule has 2 rings (SSSR count). The molecule has 1 heterocycles. The Kier molecular flexibility index (Phi) is 6.34. The molecule has 8 heteroatoms. The lowest BCUT2D eigenvalue weighted by atomic mass is 10.2. The monoisotopic (exact) mass is 356 g/mol. The standard InChI is InChI=1S/C16H26N4O3S/c1-3-19-8-10-20(11-9-19)16(21)13(2)18-12-14-4-6-15(7-5-14)24(17,22)23/h4-7,13,18H,3,8-12H2,1-2H3,(H2,17,22,23)/p+2/t13-/m1/s1. The molecule has 0 radical (unpaired) electrons. The van der Waals surface area contributed by atoms with Gasteiger partial charge in [0.25, 0.3) is 5.91 Å². The fourth-order valence-corrected chi connectivity index (χ4v) is 3.43. The number of nitrogens with one attached hydrogen (secondary N) is 1. The first-order valence-electron chi connectivity index (χ1n) is 8.38. The predicted octanol–water partition coefficient (Wildman–Crippen LogP) is -2.47. The fraction of sp³-hybridized carbons (Fsp3) is 0.562. The first-order valence-corrected chi connectivity index (χ1v) is 9.93. The average molecular weight is 356 g/mol. The molecule has 1 aliphatic rings. The summed E-state index contributed by atoms with van der Waals surface area (Å²) in [4.78, 5) is 16.1. The van der Waals surface area contributed by atoms with Gasteiger partial charge in [-0.3, -0.25) is 4.79 Å². The quantitative estimate of drug-likeness (QED) is 0.527. The second-order valence-corrected chi connectivity index (χ2v) is 7.91. The summed E-state index contributed by atoms with van der Waals surface area (Å²) in [6, 6.07) is 6.31. The zero-order chi connectivity index (χ0) is 17.7. The van der Waals surface area contributed by atoms with Gasteiger partial charge in [0.1, 0.15) is 6.54 Å². The molecule has 0 bridgehead atoms. The molecule has 1 aromatic carbocycles. The van der Waals surface area contributed by atoms with Crippen LogP contribution >= 0.6 is 0 Å². The Morgan fingerprint density at radius 2 is 1.88 bits per heavy atom. The lowest BCUT2D eigenvalue weighted by Crippen LogP contribution is -3.14. The minimum Gasteiger partial charge on any atom is -0.333 e. The molecule has 1 aromatic rings. The number of hydrogen-bond acceptors (Lipinski definition) is 3. The van der Waals surface area contributed by atoms with Gasteiger partial charge in [-0.15, -0.1) is 0 Å². The summed E-state index contributed by atoms with van der Waals surface area (Å²) in [6.45, 7) is 9.50. The van der Waals surface area contributed by atoms with Crippen LogP contribution in [0.4, 0.5) is 0 Å². The number of carbonyl (C=O) groups excluding carboxylic acids is 1. The zero-order valence-corrected chi connectivity index (χ0v) is 15.2. The van der Waals surface area contributed by atoms with Crippen molar-refractivity contribution < 1.29 is 23.4 Å². The summed E-state index contributed by atoms with van der Waals surface area (Å²) in [6.07, 6.45) is 0. The number of benzene rings is 1. The van der Waals surface area contributed by atoms with Crippen LogP contribution in [-0.4, -0.2) is 58.0 Å². The van der Waals surface area contributed by atoms with Crippen LogP contribution in [0.5, 0.6) is 0 Å². The van der Waals surface area contributed by atoms with Crippen molar-refractivity contribution in [3.05, 3.63) is 29.8 Å². The number of nitrogens with two attached hydrogens (primary N) is 2. The number of amides is 1. The number of hydrogen-bond donors (Lipinski definition) is 3. The molecule has 0 spiro atoms.